The van der Waals surface area contributed by atoms with Gasteiger partial charge in [-0.2, -0.15) is 0 Å². The van der Waals surface area contributed by atoms with Gasteiger partial charge in [-0.3, -0.25) is 19.7 Å². The van der Waals surface area contributed by atoms with Crippen molar-refractivity contribution >= 4 is 35.1 Å². The second-order valence-corrected chi connectivity index (χ2v) is 5.85. The number of carbonyl (C=O) groups is 3. The maximum Gasteiger partial charge on any atom is 0.331 e. The number of hydrogen-bond donors (Lipinski definition) is 1. The fourth-order valence-electron chi connectivity index (χ4n) is 2.28. The first-order chi connectivity index (χ1) is 13.3. The zero-order valence-corrected chi connectivity index (χ0v) is 15.2. The van der Waals surface area contributed by atoms with E-state index in [9.17, 15) is 24.5 Å². The van der Waals surface area contributed by atoms with Gasteiger partial charge < -0.3 is 10.1 Å². The van der Waals surface area contributed by atoms with Gasteiger partial charge in [-0.05, 0) is 38.1 Å². The molecular formula is C20H18N2O6. The van der Waals surface area contributed by atoms with E-state index in [4.69, 9.17) is 4.74 Å². The summed E-state index contributed by atoms with van der Waals surface area (Å²) in [7, 11) is 0. The van der Waals surface area contributed by atoms with Crippen LogP contribution in [0.3, 0.4) is 0 Å². The number of hydrogen-bond acceptors (Lipinski definition) is 6. The summed E-state index contributed by atoms with van der Waals surface area (Å²) in [5, 5.41) is 13.5. The molecule has 0 radical (unpaired) electrons. The summed E-state index contributed by atoms with van der Waals surface area (Å²) in [6.07, 6.45) is 1.16. The molecule has 0 saturated carbocycles. The zero-order chi connectivity index (χ0) is 20.7. The molecule has 0 aromatic heterocycles. The minimum Gasteiger partial charge on any atom is -0.449 e. The van der Waals surface area contributed by atoms with E-state index in [1.165, 1.54) is 44.2 Å². The number of para-hydroxylation sites is 1. The van der Waals surface area contributed by atoms with E-state index in [1.807, 2.05) is 0 Å². The lowest BCUT2D eigenvalue weighted by Gasteiger charge is -2.12. The van der Waals surface area contributed by atoms with Crippen LogP contribution in [0.4, 0.5) is 11.4 Å². The normalized spacial score (nSPS) is 11.6. The number of nitro benzene ring substituents is 1. The lowest BCUT2D eigenvalue weighted by Crippen LogP contribution is -2.29. The number of rotatable bonds is 7. The van der Waals surface area contributed by atoms with Crippen LogP contribution in [0, 0.1) is 10.1 Å². The van der Waals surface area contributed by atoms with Crippen molar-refractivity contribution < 1.29 is 24.0 Å². The molecule has 0 heterocycles. The predicted molar refractivity (Wildman–Crippen MR) is 103 cm³/mol. The van der Waals surface area contributed by atoms with Gasteiger partial charge in [0.1, 0.15) is 0 Å². The highest BCUT2D eigenvalue weighted by atomic mass is 16.6. The summed E-state index contributed by atoms with van der Waals surface area (Å²) in [6.45, 7) is 2.80. The number of ketones is 1. The highest BCUT2D eigenvalue weighted by Gasteiger charge is 2.17. The number of esters is 1. The van der Waals surface area contributed by atoms with Crippen LogP contribution in [-0.2, 0) is 14.3 Å². The van der Waals surface area contributed by atoms with E-state index in [2.05, 4.69) is 5.32 Å². The molecule has 0 spiro atoms. The number of nitrogens with one attached hydrogen (secondary N) is 1. The summed E-state index contributed by atoms with van der Waals surface area (Å²) in [5.74, 6) is -1.54. The number of carbonyl (C=O) groups excluding carboxylic acids is 3. The Labute approximate surface area is 161 Å². The number of amides is 1. The van der Waals surface area contributed by atoms with Crippen LogP contribution in [0.15, 0.2) is 54.6 Å². The van der Waals surface area contributed by atoms with E-state index in [1.54, 1.807) is 24.3 Å². The van der Waals surface area contributed by atoms with Crippen molar-refractivity contribution in [1.29, 1.82) is 0 Å². The van der Waals surface area contributed by atoms with Crippen molar-refractivity contribution in [2.75, 3.05) is 5.32 Å². The largest absolute Gasteiger partial charge is 0.449 e. The van der Waals surface area contributed by atoms with Crippen molar-refractivity contribution in [1.82, 2.24) is 0 Å². The average molecular weight is 382 g/mol. The van der Waals surface area contributed by atoms with Gasteiger partial charge in [0, 0.05) is 23.4 Å². The van der Waals surface area contributed by atoms with Crippen molar-refractivity contribution in [3.8, 4) is 0 Å². The van der Waals surface area contributed by atoms with Crippen LogP contribution in [0.5, 0.6) is 0 Å². The van der Waals surface area contributed by atoms with Gasteiger partial charge in [-0.1, -0.05) is 24.3 Å². The molecule has 0 aliphatic carbocycles. The van der Waals surface area contributed by atoms with Crippen molar-refractivity contribution in [3.63, 3.8) is 0 Å². The maximum atomic E-state index is 12.2. The minimum atomic E-state index is -1.11. The fourth-order valence-corrected chi connectivity index (χ4v) is 2.28. The van der Waals surface area contributed by atoms with Crippen LogP contribution in [0.2, 0.25) is 0 Å². The smallest absolute Gasteiger partial charge is 0.331 e. The van der Waals surface area contributed by atoms with E-state index < -0.39 is 22.9 Å². The number of ether oxygens (including phenoxy) is 1. The Balaban J connectivity index is 1.98. The Morgan fingerprint density at radius 1 is 1.14 bits per heavy atom. The van der Waals surface area contributed by atoms with Crippen LogP contribution in [-0.4, -0.2) is 28.7 Å². The van der Waals surface area contributed by atoms with E-state index in [0.717, 1.165) is 6.08 Å². The Morgan fingerprint density at radius 2 is 1.86 bits per heavy atom. The summed E-state index contributed by atoms with van der Waals surface area (Å²) in [4.78, 5) is 45.8. The van der Waals surface area contributed by atoms with Crippen LogP contribution in [0.25, 0.3) is 6.08 Å². The van der Waals surface area contributed by atoms with E-state index >= 15 is 0 Å². The van der Waals surface area contributed by atoms with Crippen molar-refractivity contribution in [2.24, 2.45) is 0 Å². The molecule has 2 aromatic carbocycles. The van der Waals surface area contributed by atoms with Crippen LogP contribution in [0.1, 0.15) is 29.8 Å². The predicted octanol–water partition coefficient (Wildman–Crippen LogP) is 3.38. The molecule has 1 N–H and O–H groups in total. The molecule has 2 rings (SSSR count). The molecule has 0 unspecified atom stereocenters. The summed E-state index contributed by atoms with van der Waals surface area (Å²) >= 11 is 0. The third-order valence-electron chi connectivity index (χ3n) is 3.73. The van der Waals surface area contributed by atoms with Gasteiger partial charge in [0.25, 0.3) is 11.6 Å². The first-order valence-electron chi connectivity index (χ1n) is 8.32. The molecule has 0 bridgehead atoms. The van der Waals surface area contributed by atoms with E-state index in [-0.39, 0.29) is 17.0 Å². The summed E-state index contributed by atoms with van der Waals surface area (Å²) in [5.41, 5.74) is 0.927. The SMILES string of the molecule is CC(=O)c1cccc(NC(=O)[C@@H](C)OC(=O)/C=C/c2ccccc2[N+](=O)[O-])c1. The van der Waals surface area contributed by atoms with Crippen molar-refractivity contribution in [3.05, 3.63) is 75.8 Å². The molecular weight excluding hydrogens is 364 g/mol. The molecule has 0 saturated heterocycles. The number of nitro groups is 1. The van der Waals surface area contributed by atoms with Gasteiger partial charge in [0.2, 0.25) is 0 Å². The lowest BCUT2D eigenvalue weighted by molar-refractivity contribution is -0.385. The second kappa shape index (κ2) is 9.22. The third-order valence-corrected chi connectivity index (χ3v) is 3.73. The standard InChI is InChI=1S/C20H18N2O6/c1-13(23)16-7-5-8-17(12-16)21-20(25)14(2)28-19(24)11-10-15-6-3-4-9-18(15)22(26)27/h3-12,14H,1-2H3,(H,21,25)/b11-10+/t14-/m1/s1. The Hall–Kier alpha value is -3.81. The Morgan fingerprint density at radius 3 is 2.54 bits per heavy atom. The first-order valence-corrected chi connectivity index (χ1v) is 8.32. The Bertz CT molecular complexity index is 951. The van der Waals surface area contributed by atoms with Gasteiger partial charge in [0.05, 0.1) is 10.5 Å². The molecule has 1 amide bonds. The first kappa shape index (κ1) is 20.5. The van der Waals surface area contributed by atoms with E-state index in [0.29, 0.717) is 11.3 Å². The van der Waals surface area contributed by atoms with Gasteiger partial charge in [-0.25, -0.2) is 4.79 Å². The average Bonchev–Trinajstić information content (AvgIpc) is 2.66. The summed E-state index contributed by atoms with van der Waals surface area (Å²) in [6, 6.07) is 12.3. The number of Topliss-reactive ketones (excluding diaryl/α,β-unsaturated/α-hetero) is 1. The molecule has 8 heteroatoms. The molecule has 28 heavy (non-hydrogen) atoms. The monoisotopic (exact) mass is 382 g/mol. The van der Waals surface area contributed by atoms with Crippen LogP contribution >= 0.6 is 0 Å². The topological polar surface area (TPSA) is 116 Å². The molecule has 144 valence electrons. The molecule has 0 fully saturated rings. The lowest BCUT2D eigenvalue weighted by atomic mass is 10.1. The molecule has 0 aliphatic rings. The number of benzene rings is 2. The fraction of sp³-hybridized carbons (Fsp3) is 0.150. The quantitative estimate of drug-likeness (QED) is 0.258. The summed E-state index contributed by atoms with van der Waals surface area (Å²) < 4.78 is 5.01. The number of nitrogens with zero attached hydrogens (tertiary/aromatic N) is 1. The molecule has 0 aliphatic heterocycles. The second-order valence-electron chi connectivity index (χ2n) is 5.85. The minimum absolute atomic E-state index is 0.143. The van der Waals surface area contributed by atoms with Gasteiger partial charge in [-0.15, -0.1) is 0 Å². The van der Waals surface area contributed by atoms with Crippen molar-refractivity contribution in [2.45, 2.75) is 20.0 Å². The molecule has 1 atom stereocenters. The van der Waals surface area contributed by atoms with Crippen LogP contribution < -0.4 is 5.32 Å². The number of anilines is 1. The maximum absolute atomic E-state index is 12.2. The highest BCUT2D eigenvalue weighted by Crippen LogP contribution is 2.19. The molecule has 8 nitrogen and oxygen atoms in total. The third kappa shape index (κ3) is 5.60. The van der Waals surface area contributed by atoms with Gasteiger partial charge >= 0.3 is 5.97 Å². The Kier molecular flexibility index (Phi) is 6.75. The zero-order valence-electron chi connectivity index (χ0n) is 15.2. The van der Waals surface area contributed by atoms with Gasteiger partial charge in [0.15, 0.2) is 11.9 Å². The molecule has 2 aromatic rings. The highest BCUT2D eigenvalue weighted by molar-refractivity contribution is 5.99.